The summed E-state index contributed by atoms with van der Waals surface area (Å²) in [5.41, 5.74) is 0.205. The Hall–Kier alpha value is -1.32. The van der Waals surface area contributed by atoms with Gasteiger partial charge in [0.05, 0.1) is 0 Å². The average Bonchev–Trinajstić information content (AvgIpc) is 3.23. The molecule has 0 amide bonds. The van der Waals surface area contributed by atoms with Gasteiger partial charge in [0.2, 0.25) is 0 Å². The molecule has 2 fully saturated rings. The summed E-state index contributed by atoms with van der Waals surface area (Å²) < 4.78 is 0. The fourth-order valence-electron chi connectivity index (χ4n) is 3.09. The molecule has 20 heavy (non-hydrogen) atoms. The summed E-state index contributed by atoms with van der Waals surface area (Å²) in [5, 5.41) is 7.02. The van der Waals surface area contributed by atoms with Gasteiger partial charge in [0.25, 0.3) is 0 Å². The molecular weight excluding hydrogens is 248 g/mol. The van der Waals surface area contributed by atoms with E-state index in [0.717, 1.165) is 24.0 Å². The highest BCUT2D eigenvalue weighted by atomic mass is 15.1. The lowest BCUT2D eigenvalue weighted by molar-refractivity contribution is 0.348. The van der Waals surface area contributed by atoms with Crippen molar-refractivity contribution in [2.45, 2.75) is 70.3 Å². The molecule has 0 aromatic carbocycles. The Balaban J connectivity index is 1.80. The van der Waals surface area contributed by atoms with Crippen molar-refractivity contribution in [3.8, 4) is 0 Å². The zero-order valence-electron chi connectivity index (χ0n) is 12.7. The van der Waals surface area contributed by atoms with E-state index in [0.29, 0.717) is 5.92 Å². The summed E-state index contributed by atoms with van der Waals surface area (Å²) in [5.74, 6) is 3.58. The summed E-state index contributed by atoms with van der Waals surface area (Å²) >= 11 is 0. The molecular formula is C16H26N4. The molecule has 0 radical (unpaired) electrons. The second-order valence-electron chi connectivity index (χ2n) is 6.55. The molecule has 2 saturated carbocycles. The van der Waals surface area contributed by atoms with Crippen LogP contribution in [0, 0.1) is 0 Å². The van der Waals surface area contributed by atoms with Crippen LogP contribution in [0.3, 0.4) is 0 Å². The first-order valence-corrected chi connectivity index (χ1v) is 8.09. The molecule has 110 valence electrons. The minimum Gasteiger partial charge on any atom is -0.370 e. The first-order valence-electron chi connectivity index (χ1n) is 8.09. The lowest BCUT2D eigenvalue weighted by atomic mass is 9.83. The molecule has 1 aromatic heterocycles. The normalized spacial score (nSPS) is 21.5. The Bertz CT molecular complexity index is 462. The molecule has 0 aliphatic heterocycles. The monoisotopic (exact) mass is 274 g/mol. The summed E-state index contributed by atoms with van der Waals surface area (Å²) in [7, 11) is 0. The van der Waals surface area contributed by atoms with E-state index in [1.807, 2.05) is 0 Å². The van der Waals surface area contributed by atoms with E-state index in [1.165, 1.54) is 44.9 Å². The van der Waals surface area contributed by atoms with Gasteiger partial charge in [-0.3, -0.25) is 0 Å². The third kappa shape index (κ3) is 3.22. The van der Waals surface area contributed by atoms with Gasteiger partial charge in [-0.2, -0.15) is 0 Å². The largest absolute Gasteiger partial charge is 0.370 e. The third-order valence-corrected chi connectivity index (χ3v) is 4.43. The van der Waals surface area contributed by atoms with Crippen LogP contribution in [0.1, 0.15) is 70.5 Å². The van der Waals surface area contributed by atoms with Gasteiger partial charge in [-0.05, 0) is 39.5 Å². The van der Waals surface area contributed by atoms with Crippen LogP contribution in [0.25, 0.3) is 0 Å². The van der Waals surface area contributed by atoms with E-state index in [2.05, 4.69) is 35.5 Å². The van der Waals surface area contributed by atoms with Crippen LogP contribution in [0.15, 0.2) is 6.07 Å². The second-order valence-corrected chi connectivity index (χ2v) is 6.55. The van der Waals surface area contributed by atoms with Crippen LogP contribution in [-0.2, 0) is 0 Å². The lowest BCUT2D eigenvalue weighted by Gasteiger charge is -2.35. The number of hydrogen-bond donors (Lipinski definition) is 2. The van der Waals surface area contributed by atoms with Gasteiger partial charge in [0.1, 0.15) is 17.5 Å². The van der Waals surface area contributed by atoms with E-state index in [9.17, 15) is 0 Å². The summed E-state index contributed by atoms with van der Waals surface area (Å²) in [6.07, 6.45) is 8.99. The highest BCUT2D eigenvalue weighted by Gasteiger charge is 2.30. The maximum atomic E-state index is 4.75. The second kappa shape index (κ2) is 5.58. The first kappa shape index (κ1) is 13.7. The Morgan fingerprint density at radius 1 is 1.15 bits per heavy atom. The standard InChI is InChI=1S/C16H26N4/c1-3-17-13-11-14(19-15(18-13)12-7-8-12)20-16(2)9-5-4-6-10-16/h11-12H,3-10H2,1-2H3,(H2,17,18,19,20). The number of aromatic nitrogens is 2. The number of nitrogens with one attached hydrogen (secondary N) is 2. The molecule has 0 saturated heterocycles. The maximum absolute atomic E-state index is 4.75. The minimum atomic E-state index is 0.205. The highest BCUT2D eigenvalue weighted by molar-refractivity contribution is 5.49. The number of rotatable bonds is 5. The Kier molecular flexibility index (Phi) is 3.81. The van der Waals surface area contributed by atoms with Crippen molar-refractivity contribution in [3.05, 3.63) is 11.9 Å². The third-order valence-electron chi connectivity index (χ3n) is 4.43. The average molecular weight is 274 g/mol. The number of hydrogen-bond acceptors (Lipinski definition) is 4. The van der Waals surface area contributed by atoms with Gasteiger partial charge in [0, 0.05) is 24.1 Å². The fourth-order valence-corrected chi connectivity index (χ4v) is 3.09. The fraction of sp³-hybridized carbons (Fsp3) is 0.750. The summed E-state index contributed by atoms with van der Waals surface area (Å²) in [6, 6.07) is 2.06. The van der Waals surface area contributed by atoms with Crippen LogP contribution in [0.5, 0.6) is 0 Å². The molecule has 3 rings (SSSR count). The van der Waals surface area contributed by atoms with Gasteiger partial charge in [0.15, 0.2) is 0 Å². The minimum absolute atomic E-state index is 0.205. The van der Waals surface area contributed by atoms with E-state index in [-0.39, 0.29) is 5.54 Å². The number of nitrogens with zero attached hydrogens (tertiary/aromatic N) is 2. The van der Waals surface area contributed by atoms with Crippen molar-refractivity contribution in [2.24, 2.45) is 0 Å². The first-order chi connectivity index (χ1) is 9.68. The van der Waals surface area contributed by atoms with Crippen molar-refractivity contribution < 1.29 is 0 Å². The Morgan fingerprint density at radius 3 is 2.50 bits per heavy atom. The van der Waals surface area contributed by atoms with Crippen LogP contribution < -0.4 is 10.6 Å². The van der Waals surface area contributed by atoms with E-state index >= 15 is 0 Å². The van der Waals surface area contributed by atoms with Gasteiger partial charge in [-0.15, -0.1) is 0 Å². The van der Waals surface area contributed by atoms with E-state index < -0.39 is 0 Å². The Morgan fingerprint density at radius 2 is 1.85 bits per heavy atom. The molecule has 0 atom stereocenters. The number of anilines is 2. The van der Waals surface area contributed by atoms with E-state index in [1.54, 1.807) is 0 Å². The predicted molar refractivity (Wildman–Crippen MR) is 83.3 cm³/mol. The van der Waals surface area contributed by atoms with E-state index in [4.69, 9.17) is 4.98 Å². The lowest BCUT2D eigenvalue weighted by Crippen LogP contribution is -2.37. The van der Waals surface area contributed by atoms with Crippen molar-refractivity contribution in [1.82, 2.24) is 9.97 Å². The Labute approximate surface area is 121 Å². The molecule has 2 N–H and O–H groups in total. The molecule has 4 heteroatoms. The van der Waals surface area contributed by atoms with Crippen LogP contribution in [0.2, 0.25) is 0 Å². The molecule has 0 unspecified atom stereocenters. The van der Waals surface area contributed by atoms with Gasteiger partial charge in [-0.1, -0.05) is 19.3 Å². The molecule has 1 aromatic rings. The maximum Gasteiger partial charge on any atom is 0.136 e. The quantitative estimate of drug-likeness (QED) is 0.854. The zero-order valence-corrected chi connectivity index (χ0v) is 12.7. The zero-order chi connectivity index (χ0) is 14.0. The SMILES string of the molecule is CCNc1cc(NC2(C)CCCCC2)nc(C2CC2)n1. The molecule has 4 nitrogen and oxygen atoms in total. The molecule has 0 bridgehead atoms. The van der Waals surface area contributed by atoms with Crippen molar-refractivity contribution in [3.63, 3.8) is 0 Å². The topological polar surface area (TPSA) is 49.8 Å². The van der Waals surface area contributed by atoms with Crippen molar-refractivity contribution in [2.75, 3.05) is 17.2 Å². The summed E-state index contributed by atoms with van der Waals surface area (Å²) in [6.45, 7) is 5.34. The smallest absolute Gasteiger partial charge is 0.136 e. The van der Waals surface area contributed by atoms with Gasteiger partial charge < -0.3 is 10.6 Å². The molecule has 1 heterocycles. The van der Waals surface area contributed by atoms with Crippen LogP contribution >= 0.6 is 0 Å². The molecule has 2 aliphatic carbocycles. The predicted octanol–water partition coefficient (Wildman–Crippen LogP) is 3.92. The van der Waals surface area contributed by atoms with Crippen molar-refractivity contribution >= 4 is 11.6 Å². The van der Waals surface area contributed by atoms with Crippen LogP contribution in [0.4, 0.5) is 11.6 Å². The highest BCUT2D eigenvalue weighted by Crippen LogP contribution is 2.39. The van der Waals surface area contributed by atoms with Crippen LogP contribution in [-0.4, -0.2) is 22.1 Å². The van der Waals surface area contributed by atoms with Gasteiger partial charge in [-0.25, -0.2) is 9.97 Å². The van der Waals surface area contributed by atoms with Crippen molar-refractivity contribution in [1.29, 1.82) is 0 Å². The van der Waals surface area contributed by atoms with Gasteiger partial charge >= 0.3 is 0 Å². The molecule has 2 aliphatic rings. The summed E-state index contributed by atoms with van der Waals surface area (Å²) in [4.78, 5) is 9.39. The molecule has 0 spiro atoms.